The second kappa shape index (κ2) is 5.19. The average Bonchev–Trinajstić information content (AvgIpc) is 2.19. The van der Waals surface area contributed by atoms with Gasteiger partial charge in [0.1, 0.15) is 0 Å². The van der Waals surface area contributed by atoms with E-state index in [2.05, 4.69) is 4.74 Å². The van der Waals surface area contributed by atoms with Gasteiger partial charge in [0.05, 0.1) is 6.67 Å². The van der Waals surface area contributed by atoms with Crippen LogP contribution in [-0.2, 0) is 6.42 Å². The highest BCUT2D eigenvalue weighted by atomic mass is 19.1. The first-order valence-corrected chi connectivity index (χ1v) is 4.42. The van der Waals surface area contributed by atoms with Crippen LogP contribution in [-0.4, -0.2) is 23.0 Å². The van der Waals surface area contributed by atoms with Gasteiger partial charge < -0.3 is 14.9 Å². The lowest BCUT2D eigenvalue weighted by atomic mass is 10.1. The molecule has 0 aliphatic heterocycles. The molecule has 0 fully saturated rings. The number of hydrogen-bond donors (Lipinski definition) is 2. The van der Waals surface area contributed by atoms with Gasteiger partial charge in [0, 0.05) is 0 Å². The summed E-state index contributed by atoms with van der Waals surface area (Å²) in [4.78, 5) is 10.3. The summed E-state index contributed by atoms with van der Waals surface area (Å²) in [6.07, 6.45) is -0.864. The third-order valence-electron chi connectivity index (χ3n) is 1.86. The van der Waals surface area contributed by atoms with Gasteiger partial charge in [0.15, 0.2) is 11.5 Å². The largest absolute Gasteiger partial charge is 0.511 e. The molecule has 0 radical (unpaired) electrons. The second-order valence-corrected chi connectivity index (χ2v) is 2.92. The Balaban J connectivity index is 2.85. The number of carboxylic acid groups (broad SMARTS) is 1. The van der Waals surface area contributed by atoms with Crippen LogP contribution >= 0.6 is 0 Å². The lowest BCUT2D eigenvalue weighted by Gasteiger charge is -2.07. The van der Waals surface area contributed by atoms with E-state index in [1.165, 1.54) is 6.07 Å². The van der Waals surface area contributed by atoms with Crippen molar-refractivity contribution in [1.29, 1.82) is 0 Å². The number of benzene rings is 1. The van der Waals surface area contributed by atoms with E-state index in [4.69, 9.17) is 5.11 Å². The van der Waals surface area contributed by atoms with Gasteiger partial charge in [-0.3, -0.25) is 4.39 Å². The van der Waals surface area contributed by atoms with Gasteiger partial charge in [0.2, 0.25) is 0 Å². The number of aromatic hydroxyl groups is 1. The van der Waals surface area contributed by atoms with E-state index in [0.717, 1.165) is 0 Å². The normalized spacial score (nSPS) is 9.93. The van der Waals surface area contributed by atoms with Crippen LogP contribution in [0.5, 0.6) is 11.5 Å². The number of rotatable bonds is 4. The molecule has 15 heavy (non-hydrogen) atoms. The number of para-hydroxylation sites is 1. The maximum absolute atomic E-state index is 11.9. The van der Waals surface area contributed by atoms with Gasteiger partial charge >= 0.3 is 6.16 Å². The smallest absolute Gasteiger partial charge is 0.504 e. The molecule has 4 nitrogen and oxygen atoms in total. The van der Waals surface area contributed by atoms with E-state index in [-0.39, 0.29) is 17.9 Å². The highest BCUT2D eigenvalue weighted by molar-refractivity contribution is 5.63. The van der Waals surface area contributed by atoms with Crippen molar-refractivity contribution in [2.75, 3.05) is 6.67 Å². The first kappa shape index (κ1) is 11.3. The molecule has 0 aromatic heterocycles. The zero-order valence-electron chi connectivity index (χ0n) is 7.94. The Morgan fingerprint density at radius 1 is 1.47 bits per heavy atom. The molecule has 0 saturated heterocycles. The molecule has 0 amide bonds. The summed E-state index contributed by atoms with van der Waals surface area (Å²) < 4.78 is 16.3. The van der Waals surface area contributed by atoms with Crippen LogP contribution in [0.4, 0.5) is 9.18 Å². The number of ether oxygens (including phenoxy) is 1. The molecule has 0 saturated carbocycles. The molecule has 0 spiro atoms. The second-order valence-electron chi connectivity index (χ2n) is 2.92. The zero-order chi connectivity index (χ0) is 11.3. The van der Waals surface area contributed by atoms with E-state index in [1.54, 1.807) is 12.1 Å². The van der Waals surface area contributed by atoms with Crippen LogP contribution in [0.25, 0.3) is 0 Å². The van der Waals surface area contributed by atoms with Crippen LogP contribution in [0.3, 0.4) is 0 Å². The number of phenols is 1. The fourth-order valence-electron chi connectivity index (χ4n) is 1.20. The fraction of sp³-hybridized carbons (Fsp3) is 0.300. The van der Waals surface area contributed by atoms with Gasteiger partial charge in [-0.05, 0) is 24.5 Å². The van der Waals surface area contributed by atoms with E-state index >= 15 is 0 Å². The molecule has 0 atom stereocenters. The molecule has 0 heterocycles. The minimum absolute atomic E-state index is 0.126. The Morgan fingerprint density at radius 2 is 2.20 bits per heavy atom. The summed E-state index contributed by atoms with van der Waals surface area (Å²) in [5, 5.41) is 17.9. The van der Waals surface area contributed by atoms with Crippen LogP contribution < -0.4 is 4.74 Å². The van der Waals surface area contributed by atoms with Crippen molar-refractivity contribution in [2.24, 2.45) is 0 Å². The van der Waals surface area contributed by atoms with Crippen molar-refractivity contribution in [3.8, 4) is 11.5 Å². The lowest BCUT2D eigenvalue weighted by Crippen LogP contribution is -2.03. The van der Waals surface area contributed by atoms with Gasteiger partial charge in [-0.1, -0.05) is 12.1 Å². The van der Waals surface area contributed by atoms with Crippen LogP contribution in [0.1, 0.15) is 12.0 Å². The quantitative estimate of drug-likeness (QED) is 0.596. The predicted octanol–water partition coefficient (Wildman–Crippen LogP) is 2.35. The van der Waals surface area contributed by atoms with Gasteiger partial charge in [-0.25, -0.2) is 4.79 Å². The Labute approximate surface area is 85.9 Å². The Morgan fingerprint density at radius 3 is 2.80 bits per heavy atom. The number of aryl methyl sites for hydroxylation is 1. The highest BCUT2D eigenvalue weighted by Gasteiger charge is 2.10. The number of halogens is 1. The average molecular weight is 214 g/mol. The van der Waals surface area contributed by atoms with E-state index in [1.807, 2.05) is 0 Å². The predicted molar refractivity (Wildman–Crippen MR) is 51.1 cm³/mol. The summed E-state index contributed by atoms with van der Waals surface area (Å²) in [6, 6.07) is 4.48. The third kappa shape index (κ3) is 3.12. The van der Waals surface area contributed by atoms with Crippen molar-refractivity contribution >= 4 is 6.16 Å². The summed E-state index contributed by atoms with van der Waals surface area (Å²) in [7, 11) is 0. The molecule has 1 aromatic rings. The number of carbonyl (C=O) groups is 1. The number of phenolic OH excluding ortho intramolecular Hbond substituents is 1. The zero-order valence-corrected chi connectivity index (χ0v) is 7.94. The van der Waals surface area contributed by atoms with Crippen LogP contribution in [0.15, 0.2) is 18.2 Å². The van der Waals surface area contributed by atoms with Crippen molar-refractivity contribution in [1.82, 2.24) is 0 Å². The van der Waals surface area contributed by atoms with E-state index < -0.39 is 12.8 Å². The molecule has 5 heteroatoms. The maximum atomic E-state index is 11.9. The molecule has 0 bridgehead atoms. The Bertz CT molecular complexity index is 351. The van der Waals surface area contributed by atoms with E-state index in [9.17, 15) is 14.3 Å². The first-order valence-electron chi connectivity index (χ1n) is 4.42. The molecule has 0 unspecified atom stereocenters. The summed E-state index contributed by atoms with van der Waals surface area (Å²) >= 11 is 0. The molecule has 1 aromatic carbocycles. The summed E-state index contributed by atoms with van der Waals surface area (Å²) in [5.41, 5.74) is 0.478. The van der Waals surface area contributed by atoms with Crippen molar-refractivity contribution in [2.45, 2.75) is 12.8 Å². The lowest BCUT2D eigenvalue weighted by molar-refractivity contribution is 0.143. The standard InChI is InChI=1S/C10H11FO4/c11-6-2-4-7-3-1-5-8(9(7)12)15-10(13)14/h1,3,5,12H,2,4,6H2,(H,13,14). The summed E-state index contributed by atoms with van der Waals surface area (Å²) in [6.45, 7) is -0.483. The molecule has 1 rings (SSSR count). The maximum Gasteiger partial charge on any atom is 0.511 e. The number of hydrogen-bond acceptors (Lipinski definition) is 3. The highest BCUT2D eigenvalue weighted by Crippen LogP contribution is 2.30. The van der Waals surface area contributed by atoms with Crippen molar-refractivity contribution < 1.29 is 24.1 Å². The molecule has 0 aliphatic carbocycles. The first-order chi connectivity index (χ1) is 7.15. The van der Waals surface area contributed by atoms with Crippen molar-refractivity contribution in [3.05, 3.63) is 23.8 Å². The number of alkyl halides is 1. The minimum atomic E-state index is -1.49. The Hall–Kier alpha value is -1.78. The topological polar surface area (TPSA) is 66.8 Å². The third-order valence-corrected chi connectivity index (χ3v) is 1.86. The molecular formula is C10H11FO4. The fourth-order valence-corrected chi connectivity index (χ4v) is 1.20. The molecule has 2 N–H and O–H groups in total. The van der Waals surface area contributed by atoms with Crippen LogP contribution in [0, 0.1) is 0 Å². The molecule has 0 aliphatic rings. The Kier molecular flexibility index (Phi) is 3.91. The SMILES string of the molecule is O=C(O)Oc1cccc(CCCF)c1O. The van der Waals surface area contributed by atoms with Gasteiger partial charge in [-0.2, -0.15) is 0 Å². The van der Waals surface area contributed by atoms with Gasteiger partial charge in [-0.15, -0.1) is 0 Å². The van der Waals surface area contributed by atoms with Crippen molar-refractivity contribution in [3.63, 3.8) is 0 Å². The molecular weight excluding hydrogens is 203 g/mol. The van der Waals surface area contributed by atoms with Gasteiger partial charge in [0.25, 0.3) is 0 Å². The van der Waals surface area contributed by atoms with Crippen LogP contribution in [0.2, 0.25) is 0 Å². The monoisotopic (exact) mass is 214 g/mol. The summed E-state index contributed by atoms with van der Waals surface area (Å²) in [5.74, 6) is -0.368. The minimum Gasteiger partial charge on any atom is -0.504 e. The van der Waals surface area contributed by atoms with E-state index in [0.29, 0.717) is 12.0 Å². The molecule has 82 valence electrons.